The van der Waals surface area contributed by atoms with Crippen LogP contribution in [0.25, 0.3) is 0 Å². The molecule has 1 aliphatic carbocycles. The average molecular weight is 316 g/mol. The SMILES string of the molecule is CC(NC(=O)c1ccccc1)C(=O)Nc1nnc(C2CC2)s1. The normalized spacial score (nSPS) is 15.1. The van der Waals surface area contributed by atoms with Crippen LogP contribution in [0.1, 0.15) is 41.0 Å². The van der Waals surface area contributed by atoms with Gasteiger partial charge in [-0.3, -0.25) is 14.9 Å². The number of amides is 2. The summed E-state index contributed by atoms with van der Waals surface area (Å²) in [6.07, 6.45) is 2.29. The van der Waals surface area contributed by atoms with Crippen molar-refractivity contribution in [1.29, 1.82) is 0 Å². The molecule has 1 fully saturated rings. The number of anilines is 1. The molecule has 0 saturated heterocycles. The first-order valence-electron chi connectivity index (χ1n) is 7.13. The Hall–Kier alpha value is -2.28. The van der Waals surface area contributed by atoms with Crippen LogP contribution in [0.2, 0.25) is 0 Å². The lowest BCUT2D eigenvalue weighted by molar-refractivity contribution is -0.117. The van der Waals surface area contributed by atoms with Gasteiger partial charge in [-0.05, 0) is 31.9 Å². The highest BCUT2D eigenvalue weighted by Gasteiger charge is 2.28. The summed E-state index contributed by atoms with van der Waals surface area (Å²) in [5.41, 5.74) is 0.522. The summed E-state index contributed by atoms with van der Waals surface area (Å²) in [5.74, 6) is -0.0691. The maximum Gasteiger partial charge on any atom is 0.251 e. The van der Waals surface area contributed by atoms with Gasteiger partial charge in [0, 0.05) is 11.5 Å². The van der Waals surface area contributed by atoms with Crippen LogP contribution in [0.4, 0.5) is 5.13 Å². The van der Waals surface area contributed by atoms with E-state index in [0.717, 1.165) is 17.8 Å². The van der Waals surface area contributed by atoms with Crippen LogP contribution in [0, 0.1) is 0 Å². The van der Waals surface area contributed by atoms with Crippen LogP contribution in [0.5, 0.6) is 0 Å². The molecular weight excluding hydrogens is 300 g/mol. The van der Waals surface area contributed by atoms with Crippen LogP contribution in [0.3, 0.4) is 0 Å². The molecule has 22 heavy (non-hydrogen) atoms. The minimum absolute atomic E-state index is 0.279. The second-order valence-electron chi connectivity index (χ2n) is 5.27. The van der Waals surface area contributed by atoms with E-state index in [9.17, 15) is 9.59 Å². The second kappa shape index (κ2) is 6.23. The van der Waals surface area contributed by atoms with E-state index in [-0.39, 0.29) is 11.8 Å². The van der Waals surface area contributed by atoms with Gasteiger partial charge in [0.15, 0.2) is 0 Å². The monoisotopic (exact) mass is 316 g/mol. The van der Waals surface area contributed by atoms with Gasteiger partial charge in [-0.2, -0.15) is 0 Å². The van der Waals surface area contributed by atoms with Crippen LogP contribution in [-0.2, 0) is 4.79 Å². The number of hydrogen-bond donors (Lipinski definition) is 2. The molecule has 1 aromatic heterocycles. The molecule has 0 aliphatic heterocycles. The Labute approximate surface area is 132 Å². The molecule has 1 heterocycles. The quantitative estimate of drug-likeness (QED) is 0.885. The summed E-state index contributed by atoms with van der Waals surface area (Å²) < 4.78 is 0. The van der Waals surface area contributed by atoms with E-state index in [4.69, 9.17) is 0 Å². The predicted octanol–water partition coefficient (Wildman–Crippen LogP) is 2.17. The highest BCUT2D eigenvalue weighted by molar-refractivity contribution is 7.15. The van der Waals surface area contributed by atoms with Crippen molar-refractivity contribution in [3.63, 3.8) is 0 Å². The molecule has 6 nitrogen and oxygen atoms in total. The molecular formula is C15H16N4O2S. The number of aromatic nitrogens is 2. The molecule has 2 amide bonds. The number of nitrogens with zero attached hydrogens (tertiary/aromatic N) is 2. The van der Waals surface area contributed by atoms with Gasteiger partial charge in [-0.15, -0.1) is 10.2 Å². The molecule has 1 aromatic carbocycles. The lowest BCUT2D eigenvalue weighted by Crippen LogP contribution is -2.41. The molecule has 1 saturated carbocycles. The van der Waals surface area contributed by atoms with Crippen molar-refractivity contribution in [2.24, 2.45) is 0 Å². The van der Waals surface area contributed by atoms with Gasteiger partial charge in [-0.1, -0.05) is 29.5 Å². The third kappa shape index (κ3) is 3.48. The van der Waals surface area contributed by atoms with Gasteiger partial charge in [0.1, 0.15) is 11.0 Å². The van der Waals surface area contributed by atoms with E-state index in [1.54, 1.807) is 31.2 Å². The molecule has 114 valence electrons. The van der Waals surface area contributed by atoms with Crippen molar-refractivity contribution in [2.75, 3.05) is 5.32 Å². The summed E-state index contributed by atoms with van der Waals surface area (Å²) in [6.45, 7) is 1.64. The molecule has 1 atom stereocenters. The summed E-state index contributed by atoms with van der Waals surface area (Å²) in [5, 5.41) is 14.8. The van der Waals surface area contributed by atoms with E-state index >= 15 is 0 Å². The number of nitrogens with one attached hydrogen (secondary N) is 2. The smallest absolute Gasteiger partial charge is 0.251 e. The molecule has 7 heteroatoms. The minimum Gasteiger partial charge on any atom is -0.341 e. The zero-order valence-corrected chi connectivity index (χ0v) is 12.9. The summed E-state index contributed by atoms with van der Waals surface area (Å²) in [6, 6.07) is 8.14. The molecule has 0 radical (unpaired) electrons. The van der Waals surface area contributed by atoms with Crippen molar-refractivity contribution in [1.82, 2.24) is 15.5 Å². The lowest BCUT2D eigenvalue weighted by atomic mass is 10.2. The predicted molar refractivity (Wildman–Crippen MR) is 83.9 cm³/mol. The van der Waals surface area contributed by atoms with E-state index in [1.165, 1.54) is 11.3 Å². The topological polar surface area (TPSA) is 84.0 Å². The number of carbonyl (C=O) groups is 2. The number of rotatable bonds is 5. The molecule has 0 spiro atoms. The van der Waals surface area contributed by atoms with Crippen LogP contribution < -0.4 is 10.6 Å². The van der Waals surface area contributed by atoms with Gasteiger partial charge in [0.2, 0.25) is 11.0 Å². The molecule has 2 aromatic rings. The summed E-state index contributed by atoms with van der Waals surface area (Å²) in [4.78, 5) is 24.1. The second-order valence-corrected chi connectivity index (χ2v) is 6.28. The maximum absolute atomic E-state index is 12.1. The van der Waals surface area contributed by atoms with Crippen molar-refractivity contribution in [3.05, 3.63) is 40.9 Å². The number of carbonyl (C=O) groups excluding carboxylic acids is 2. The van der Waals surface area contributed by atoms with Crippen LogP contribution in [0.15, 0.2) is 30.3 Å². The van der Waals surface area contributed by atoms with E-state index in [0.29, 0.717) is 16.6 Å². The molecule has 1 aliphatic rings. The van der Waals surface area contributed by atoms with Gasteiger partial charge in [-0.25, -0.2) is 0 Å². The van der Waals surface area contributed by atoms with Gasteiger partial charge >= 0.3 is 0 Å². The Morgan fingerprint density at radius 3 is 2.64 bits per heavy atom. The Kier molecular flexibility index (Phi) is 4.15. The van der Waals surface area contributed by atoms with Crippen molar-refractivity contribution in [3.8, 4) is 0 Å². The van der Waals surface area contributed by atoms with Crippen molar-refractivity contribution < 1.29 is 9.59 Å². The van der Waals surface area contributed by atoms with Gasteiger partial charge in [0.25, 0.3) is 5.91 Å². The fraction of sp³-hybridized carbons (Fsp3) is 0.333. The Balaban J connectivity index is 1.55. The van der Waals surface area contributed by atoms with Crippen LogP contribution in [-0.4, -0.2) is 28.1 Å². The number of hydrogen-bond acceptors (Lipinski definition) is 5. The van der Waals surface area contributed by atoms with Gasteiger partial charge < -0.3 is 5.32 Å². The molecule has 2 N–H and O–H groups in total. The first-order valence-corrected chi connectivity index (χ1v) is 7.95. The summed E-state index contributed by atoms with van der Waals surface area (Å²) >= 11 is 1.40. The third-order valence-corrected chi connectivity index (χ3v) is 4.38. The minimum atomic E-state index is -0.652. The van der Waals surface area contributed by atoms with Gasteiger partial charge in [0.05, 0.1) is 0 Å². The summed E-state index contributed by atoms with van der Waals surface area (Å²) in [7, 11) is 0. The third-order valence-electron chi connectivity index (χ3n) is 3.37. The fourth-order valence-corrected chi connectivity index (χ4v) is 2.84. The molecule has 0 bridgehead atoms. The Morgan fingerprint density at radius 2 is 1.95 bits per heavy atom. The van der Waals surface area contributed by atoms with E-state index in [1.807, 2.05) is 6.07 Å². The largest absolute Gasteiger partial charge is 0.341 e. The Morgan fingerprint density at radius 1 is 1.23 bits per heavy atom. The van der Waals surface area contributed by atoms with E-state index in [2.05, 4.69) is 20.8 Å². The first-order chi connectivity index (χ1) is 10.6. The number of benzene rings is 1. The lowest BCUT2D eigenvalue weighted by Gasteiger charge is -2.12. The highest BCUT2D eigenvalue weighted by Crippen LogP contribution is 2.42. The zero-order valence-electron chi connectivity index (χ0n) is 12.1. The van der Waals surface area contributed by atoms with Crippen molar-refractivity contribution >= 4 is 28.3 Å². The fourth-order valence-electron chi connectivity index (χ4n) is 1.93. The highest BCUT2D eigenvalue weighted by atomic mass is 32.1. The average Bonchev–Trinajstić information content (AvgIpc) is 3.28. The molecule has 1 unspecified atom stereocenters. The standard InChI is InChI=1S/C15H16N4O2S/c1-9(16-13(21)10-5-3-2-4-6-10)12(20)17-15-19-18-14(22-15)11-7-8-11/h2-6,9,11H,7-8H2,1H3,(H,16,21)(H,17,19,20). The molecule has 3 rings (SSSR count). The zero-order chi connectivity index (χ0) is 15.5. The van der Waals surface area contributed by atoms with Crippen molar-refractivity contribution in [2.45, 2.75) is 31.7 Å². The Bertz CT molecular complexity index is 682. The maximum atomic E-state index is 12.1. The van der Waals surface area contributed by atoms with Crippen LogP contribution >= 0.6 is 11.3 Å². The first kappa shape index (κ1) is 14.6. The van der Waals surface area contributed by atoms with E-state index < -0.39 is 6.04 Å².